The topological polar surface area (TPSA) is 56.4 Å². The molecule has 0 aromatic carbocycles. The Kier molecular flexibility index (Phi) is 5.16. The lowest BCUT2D eigenvalue weighted by atomic mass is 9.89. The zero-order valence-electron chi connectivity index (χ0n) is 14.0. The van der Waals surface area contributed by atoms with Crippen LogP contribution in [0.2, 0.25) is 0 Å². The molecule has 1 amide bonds. The van der Waals surface area contributed by atoms with Gasteiger partial charge in [0.05, 0.1) is 0 Å². The first kappa shape index (κ1) is 16.2. The molecular formula is C18H27N3O2. The monoisotopic (exact) mass is 317 g/mol. The van der Waals surface area contributed by atoms with Gasteiger partial charge in [0.25, 0.3) is 5.91 Å². The standard InChI is InChI=1S/C18H27N3O2/c1-14(22)16-11-17(19-12-16)18(23)21-9-7-20(8-10-21)13-15-5-3-2-4-6-15/h11-12,15,19H,2-10,13H2,1H3. The average molecular weight is 317 g/mol. The molecule has 0 radical (unpaired) electrons. The number of ketones is 1. The first-order chi connectivity index (χ1) is 11.1. The Morgan fingerprint density at radius 3 is 2.43 bits per heavy atom. The molecule has 1 N–H and O–H groups in total. The molecule has 2 aliphatic rings. The number of aromatic amines is 1. The molecule has 23 heavy (non-hydrogen) atoms. The number of amides is 1. The van der Waals surface area contributed by atoms with Gasteiger partial charge in [0.1, 0.15) is 5.69 Å². The zero-order valence-corrected chi connectivity index (χ0v) is 14.0. The Hall–Kier alpha value is -1.62. The largest absolute Gasteiger partial charge is 0.356 e. The van der Waals surface area contributed by atoms with Crippen LogP contribution in [0.15, 0.2) is 12.3 Å². The highest BCUT2D eigenvalue weighted by Crippen LogP contribution is 2.24. The van der Waals surface area contributed by atoms with E-state index < -0.39 is 0 Å². The Morgan fingerprint density at radius 2 is 1.83 bits per heavy atom. The maximum atomic E-state index is 12.5. The van der Waals surface area contributed by atoms with Crippen LogP contribution in [0.5, 0.6) is 0 Å². The van der Waals surface area contributed by atoms with E-state index >= 15 is 0 Å². The zero-order chi connectivity index (χ0) is 16.2. The molecule has 5 heteroatoms. The first-order valence-electron chi connectivity index (χ1n) is 8.84. The summed E-state index contributed by atoms with van der Waals surface area (Å²) in [6.07, 6.45) is 8.53. The van der Waals surface area contributed by atoms with Gasteiger partial charge in [0.15, 0.2) is 5.78 Å². The molecule has 126 valence electrons. The predicted octanol–water partition coefficient (Wildman–Crippen LogP) is 2.56. The fourth-order valence-corrected chi connectivity index (χ4v) is 3.76. The van der Waals surface area contributed by atoms with Crippen molar-refractivity contribution < 1.29 is 9.59 Å². The molecule has 1 saturated carbocycles. The Labute approximate surface area is 138 Å². The molecule has 1 saturated heterocycles. The molecule has 1 aromatic rings. The molecule has 0 unspecified atom stereocenters. The van der Waals surface area contributed by atoms with Crippen LogP contribution in [0, 0.1) is 5.92 Å². The van der Waals surface area contributed by atoms with E-state index in [9.17, 15) is 9.59 Å². The minimum absolute atomic E-state index is 0.00909. The van der Waals surface area contributed by atoms with Crippen molar-refractivity contribution in [3.63, 3.8) is 0 Å². The van der Waals surface area contributed by atoms with E-state index in [1.165, 1.54) is 45.6 Å². The van der Waals surface area contributed by atoms with Crippen LogP contribution in [0.4, 0.5) is 0 Å². The normalized spacial score (nSPS) is 20.7. The Morgan fingerprint density at radius 1 is 1.13 bits per heavy atom. The lowest BCUT2D eigenvalue weighted by Gasteiger charge is -2.37. The summed E-state index contributed by atoms with van der Waals surface area (Å²) >= 11 is 0. The van der Waals surface area contributed by atoms with Crippen molar-refractivity contribution in [3.8, 4) is 0 Å². The number of carbonyl (C=O) groups excluding carboxylic acids is 2. The number of carbonyl (C=O) groups is 2. The van der Waals surface area contributed by atoms with Gasteiger partial charge >= 0.3 is 0 Å². The maximum absolute atomic E-state index is 12.5. The number of hydrogen-bond acceptors (Lipinski definition) is 3. The van der Waals surface area contributed by atoms with E-state index in [0.717, 1.165) is 32.1 Å². The molecule has 0 spiro atoms. The van der Waals surface area contributed by atoms with Crippen LogP contribution in [-0.2, 0) is 0 Å². The first-order valence-corrected chi connectivity index (χ1v) is 8.84. The number of Topliss-reactive ketones (excluding diaryl/α,β-unsaturated/α-hetero) is 1. The van der Waals surface area contributed by atoms with E-state index in [-0.39, 0.29) is 11.7 Å². The van der Waals surface area contributed by atoms with Crippen molar-refractivity contribution in [2.45, 2.75) is 39.0 Å². The third-order valence-corrected chi connectivity index (χ3v) is 5.22. The summed E-state index contributed by atoms with van der Waals surface area (Å²) in [5.74, 6) is 0.847. The number of piperazine rings is 1. The molecular weight excluding hydrogens is 290 g/mol. The van der Waals surface area contributed by atoms with Crippen LogP contribution in [-0.4, -0.2) is 59.2 Å². The average Bonchev–Trinajstić information content (AvgIpc) is 3.06. The van der Waals surface area contributed by atoms with Crippen molar-refractivity contribution in [3.05, 3.63) is 23.5 Å². The van der Waals surface area contributed by atoms with Crippen molar-refractivity contribution in [2.75, 3.05) is 32.7 Å². The maximum Gasteiger partial charge on any atom is 0.270 e. The van der Waals surface area contributed by atoms with Gasteiger partial charge in [-0.3, -0.25) is 14.5 Å². The van der Waals surface area contributed by atoms with E-state index in [4.69, 9.17) is 0 Å². The number of aromatic nitrogens is 1. The summed E-state index contributed by atoms with van der Waals surface area (Å²) in [5, 5.41) is 0. The SMILES string of the molecule is CC(=O)c1c[nH]c(C(=O)N2CCN(CC3CCCCC3)CC2)c1. The van der Waals surface area contributed by atoms with Crippen LogP contribution >= 0.6 is 0 Å². The number of H-pyrrole nitrogens is 1. The molecule has 3 rings (SSSR count). The van der Waals surface area contributed by atoms with E-state index in [1.807, 2.05) is 4.90 Å². The van der Waals surface area contributed by atoms with Gasteiger partial charge in [-0.25, -0.2) is 0 Å². The second kappa shape index (κ2) is 7.30. The smallest absolute Gasteiger partial charge is 0.270 e. The van der Waals surface area contributed by atoms with Crippen molar-refractivity contribution in [2.24, 2.45) is 5.92 Å². The third kappa shape index (κ3) is 4.02. The van der Waals surface area contributed by atoms with Crippen LogP contribution in [0.1, 0.15) is 59.9 Å². The van der Waals surface area contributed by atoms with Gasteiger partial charge in [-0.2, -0.15) is 0 Å². The summed E-state index contributed by atoms with van der Waals surface area (Å²) in [7, 11) is 0. The molecule has 5 nitrogen and oxygen atoms in total. The van der Waals surface area contributed by atoms with Crippen molar-refractivity contribution in [1.29, 1.82) is 0 Å². The molecule has 0 bridgehead atoms. The van der Waals surface area contributed by atoms with Gasteiger partial charge in [0.2, 0.25) is 0 Å². The van der Waals surface area contributed by atoms with E-state index in [2.05, 4.69) is 9.88 Å². The van der Waals surface area contributed by atoms with Crippen LogP contribution in [0.25, 0.3) is 0 Å². The summed E-state index contributed by atoms with van der Waals surface area (Å²) in [5.41, 5.74) is 1.10. The van der Waals surface area contributed by atoms with Gasteiger partial charge < -0.3 is 9.88 Å². The third-order valence-electron chi connectivity index (χ3n) is 5.22. The number of rotatable bonds is 4. The highest BCUT2D eigenvalue weighted by Gasteiger charge is 2.25. The van der Waals surface area contributed by atoms with E-state index in [1.54, 1.807) is 12.3 Å². The second-order valence-electron chi connectivity index (χ2n) is 6.96. The molecule has 1 aromatic heterocycles. The lowest BCUT2D eigenvalue weighted by molar-refractivity contribution is 0.0601. The number of nitrogens with one attached hydrogen (secondary N) is 1. The van der Waals surface area contributed by atoms with Gasteiger partial charge in [0, 0.05) is 44.5 Å². The van der Waals surface area contributed by atoms with Crippen molar-refractivity contribution in [1.82, 2.24) is 14.8 Å². The number of hydrogen-bond donors (Lipinski definition) is 1. The summed E-state index contributed by atoms with van der Waals surface area (Å²) < 4.78 is 0. The quantitative estimate of drug-likeness (QED) is 0.868. The summed E-state index contributed by atoms with van der Waals surface area (Å²) in [6.45, 7) is 6.19. The molecule has 2 fully saturated rings. The van der Waals surface area contributed by atoms with E-state index in [0.29, 0.717) is 11.3 Å². The highest BCUT2D eigenvalue weighted by molar-refractivity contribution is 5.99. The van der Waals surface area contributed by atoms with Gasteiger partial charge in [-0.15, -0.1) is 0 Å². The van der Waals surface area contributed by atoms with Crippen molar-refractivity contribution >= 4 is 11.7 Å². The predicted molar refractivity (Wildman–Crippen MR) is 89.7 cm³/mol. The minimum Gasteiger partial charge on any atom is -0.356 e. The van der Waals surface area contributed by atoms with Gasteiger partial charge in [-0.05, 0) is 31.7 Å². The highest BCUT2D eigenvalue weighted by atomic mass is 16.2. The summed E-state index contributed by atoms with van der Waals surface area (Å²) in [4.78, 5) is 31.2. The molecule has 2 heterocycles. The minimum atomic E-state index is -0.0161. The fourth-order valence-electron chi connectivity index (χ4n) is 3.76. The Bertz CT molecular complexity index is 552. The Balaban J connectivity index is 1.49. The van der Waals surface area contributed by atoms with Crippen LogP contribution < -0.4 is 0 Å². The van der Waals surface area contributed by atoms with Crippen LogP contribution in [0.3, 0.4) is 0 Å². The molecule has 0 atom stereocenters. The second-order valence-corrected chi connectivity index (χ2v) is 6.96. The van der Waals surface area contributed by atoms with Gasteiger partial charge in [-0.1, -0.05) is 19.3 Å². The fraction of sp³-hybridized carbons (Fsp3) is 0.667. The lowest BCUT2D eigenvalue weighted by Crippen LogP contribution is -2.50. The molecule has 1 aliphatic heterocycles. The number of nitrogens with zero attached hydrogens (tertiary/aromatic N) is 2. The summed E-state index contributed by atoms with van der Waals surface area (Å²) in [6, 6.07) is 1.67. The molecule has 1 aliphatic carbocycles.